The molecule has 0 saturated carbocycles. The molecule has 0 aliphatic rings. The fraction of sp³-hybridized carbons (Fsp3) is 0.211. The Bertz CT molecular complexity index is 732. The van der Waals surface area contributed by atoms with E-state index in [1.165, 1.54) is 6.08 Å². The van der Waals surface area contributed by atoms with Crippen LogP contribution in [0.3, 0.4) is 0 Å². The Balaban J connectivity index is 1.77. The zero-order valence-corrected chi connectivity index (χ0v) is 15.7. The van der Waals surface area contributed by atoms with E-state index in [1.807, 2.05) is 36.4 Å². The molecule has 0 fully saturated rings. The van der Waals surface area contributed by atoms with Gasteiger partial charge >= 0.3 is 0 Å². The Labute approximate surface area is 157 Å². The number of halogens is 1. The molecule has 0 radical (unpaired) electrons. The van der Waals surface area contributed by atoms with E-state index < -0.39 is 0 Å². The minimum Gasteiger partial charge on any atom is -0.493 e. The van der Waals surface area contributed by atoms with Gasteiger partial charge in [-0.05, 0) is 48.0 Å². The summed E-state index contributed by atoms with van der Waals surface area (Å²) in [4.78, 5) is 13.0. The molecule has 6 heteroatoms. The predicted octanol–water partition coefficient (Wildman–Crippen LogP) is 4.28. The molecule has 25 heavy (non-hydrogen) atoms. The monoisotopic (exact) mass is 377 g/mol. The molecule has 1 amide bonds. The first kappa shape index (κ1) is 19.2. The van der Waals surface area contributed by atoms with Crippen LogP contribution in [0.15, 0.2) is 53.4 Å². The van der Waals surface area contributed by atoms with E-state index in [0.717, 1.165) is 21.2 Å². The van der Waals surface area contributed by atoms with Gasteiger partial charge in [-0.15, -0.1) is 11.8 Å². The molecular weight excluding hydrogens is 358 g/mol. The minimum atomic E-state index is -0.133. The molecule has 132 valence electrons. The fourth-order valence-corrected chi connectivity index (χ4v) is 2.96. The van der Waals surface area contributed by atoms with Gasteiger partial charge in [0.15, 0.2) is 11.5 Å². The van der Waals surface area contributed by atoms with Gasteiger partial charge in [-0.1, -0.05) is 17.7 Å². The number of carbonyl (C=O) groups is 1. The lowest BCUT2D eigenvalue weighted by Crippen LogP contribution is -2.23. The smallest absolute Gasteiger partial charge is 0.244 e. The van der Waals surface area contributed by atoms with E-state index in [9.17, 15) is 4.79 Å². The Morgan fingerprint density at radius 2 is 1.84 bits per heavy atom. The first-order valence-electron chi connectivity index (χ1n) is 7.68. The van der Waals surface area contributed by atoms with E-state index in [1.54, 1.807) is 38.1 Å². The highest BCUT2D eigenvalue weighted by Crippen LogP contribution is 2.27. The summed E-state index contributed by atoms with van der Waals surface area (Å²) in [7, 11) is 3.17. The second-order valence-electron chi connectivity index (χ2n) is 5.04. The summed E-state index contributed by atoms with van der Waals surface area (Å²) in [6.45, 7) is 0.586. The van der Waals surface area contributed by atoms with Crippen LogP contribution in [-0.2, 0) is 4.79 Å². The number of benzene rings is 2. The van der Waals surface area contributed by atoms with Crippen molar-refractivity contribution in [3.8, 4) is 11.5 Å². The number of carbonyl (C=O) groups excluding carboxylic acids is 1. The third-order valence-electron chi connectivity index (χ3n) is 3.32. The molecule has 0 aromatic heterocycles. The summed E-state index contributed by atoms with van der Waals surface area (Å²) < 4.78 is 10.4. The summed E-state index contributed by atoms with van der Waals surface area (Å²) in [5.74, 6) is 1.94. The van der Waals surface area contributed by atoms with Crippen LogP contribution < -0.4 is 14.8 Å². The van der Waals surface area contributed by atoms with Crippen molar-refractivity contribution in [3.05, 3.63) is 59.1 Å². The van der Waals surface area contributed by atoms with Gasteiger partial charge in [0.2, 0.25) is 5.91 Å². The standard InChI is InChI=1S/C19H20ClNO3S/c1-23-17-9-3-14(13-18(17)24-2)4-10-19(22)21-11-12-25-16-7-5-15(20)6-8-16/h3-10,13H,11-12H2,1-2H3,(H,21,22)/b10-4+. The van der Waals surface area contributed by atoms with Crippen molar-refractivity contribution in [3.63, 3.8) is 0 Å². The SMILES string of the molecule is COc1ccc(/C=C/C(=O)NCCSc2ccc(Cl)cc2)cc1OC. The summed E-state index contributed by atoms with van der Waals surface area (Å²) in [6, 6.07) is 13.1. The van der Waals surface area contributed by atoms with Crippen molar-refractivity contribution < 1.29 is 14.3 Å². The van der Waals surface area contributed by atoms with Crippen LogP contribution in [0.4, 0.5) is 0 Å². The maximum atomic E-state index is 11.9. The topological polar surface area (TPSA) is 47.6 Å². The zero-order valence-electron chi connectivity index (χ0n) is 14.1. The Morgan fingerprint density at radius 3 is 2.52 bits per heavy atom. The average Bonchev–Trinajstić information content (AvgIpc) is 2.64. The van der Waals surface area contributed by atoms with Crippen molar-refractivity contribution in [2.24, 2.45) is 0 Å². The van der Waals surface area contributed by atoms with Crippen LogP contribution in [0.25, 0.3) is 6.08 Å². The lowest BCUT2D eigenvalue weighted by Gasteiger charge is -2.07. The summed E-state index contributed by atoms with van der Waals surface area (Å²) >= 11 is 7.51. The van der Waals surface area contributed by atoms with Crippen molar-refractivity contribution in [2.45, 2.75) is 4.90 Å². The molecule has 0 spiro atoms. The minimum absolute atomic E-state index is 0.133. The lowest BCUT2D eigenvalue weighted by molar-refractivity contribution is -0.116. The quantitative estimate of drug-likeness (QED) is 0.424. The Hall–Kier alpha value is -2.11. The van der Waals surface area contributed by atoms with Crippen LogP contribution in [0, 0.1) is 0 Å². The van der Waals surface area contributed by atoms with E-state index in [-0.39, 0.29) is 5.91 Å². The molecule has 0 heterocycles. The lowest BCUT2D eigenvalue weighted by atomic mass is 10.2. The molecule has 2 aromatic rings. The van der Waals surface area contributed by atoms with Gasteiger partial charge in [0.25, 0.3) is 0 Å². The molecule has 0 saturated heterocycles. The van der Waals surface area contributed by atoms with Crippen LogP contribution in [0.2, 0.25) is 5.02 Å². The highest BCUT2D eigenvalue weighted by molar-refractivity contribution is 7.99. The average molecular weight is 378 g/mol. The molecule has 0 aliphatic heterocycles. The van der Waals surface area contributed by atoms with Crippen molar-refractivity contribution in [1.29, 1.82) is 0 Å². The van der Waals surface area contributed by atoms with Gasteiger partial charge in [-0.2, -0.15) is 0 Å². The van der Waals surface area contributed by atoms with Gasteiger partial charge in [0, 0.05) is 28.3 Å². The number of methoxy groups -OCH3 is 2. The number of thioether (sulfide) groups is 1. The first-order chi connectivity index (χ1) is 12.1. The van der Waals surface area contributed by atoms with Gasteiger partial charge in [0.1, 0.15) is 0 Å². The van der Waals surface area contributed by atoms with Crippen molar-refractivity contribution in [1.82, 2.24) is 5.32 Å². The number of ether oxygens (including phenoxy) is 2. The Morgan fingerprint density at radius 1 is 1.12 bits per heavy atom. The maximum Gasteiger partial charge on any atom is 0.244 e. The molecule has 4 nitrogen and oxygen atoms in total. The third-order valence-corrected chi connectivity index (χ3v) is 4.58. The summed E-state index contributed by atoms with van der Waals surface area (Å²) in [6.07, 6.45) is 3.25. The number of hydrogen-bond acceptors (Lipinski definition) is 4. The number of nitrogens with one attached hydrogen (secondary N) is 1. The normalized spacial score (nSPS) is 10.7. The summed E-state index contributed by atoms with van der Waals surface area (Å²) in [5, 5.41) is 3.58. The van der Waals surface area contributed by atoms with Crippen LogP contribution in [-0.4, -0.2) is 32.4 Å². The molecule has 2 rings (SSSR count). The second kappa shape index (κ2) is 10.0. The number of hydrogen-bond donors (Lipinski definition) is 1. The van der Waals surface area contributed by atoms with Crippen molar-refractivity contribution >= 4 is 35.3 Å². The molecule has 0 aliphatic carbocycles. The summed E-state index contributed by atoms with van der Waals surface area (Å²) in [5.41, 5.74) is 0.864. The molecular formula is C19H20ClNO3S. The van der Waals surface area contributed by atoms with Crippen LogP contribution in [0.5, 0.6) is 11.5 Å². The second-order valence-corrected chi connectivity index (χ2v) is 6.65. The Kier molecular flexibility index (Phi) is 7.70. The fourth-order valence-electron chi connectivity index (χ4n) is 2.06. The van der Waals surface area contributed by atoms with Gasteiger partial charge in [0.05, 0.1) is 14.2 Å². The molecule has 0 bridgehead atoms. The molecule has 0 unspecified atom stereocenters. The van der Waals surface area contributed by atoms with E-state index in [2.05, 4.69) is 5.32 Å². The van der Waals surface area contributed by atoms with Crippen LogP contribution in [0.1, 0.15) is 5.56 Å². The predicted molar refractivity (Wildman–Crippen MR) is 104 cm³/mol. The molecule has 2 aromatic carbocycles. The molecule has 1 N–H and O–H groups in total. The maximum absolute atomic E-state index is 11.9. The number of rotatable bonds is 8. The van der Waals surface area contributed by atoms with Gasteiger partial charge < -0.3 is 14.8 Å². The molecule has 0 atom stereocenters. The van der Waals surface area contributed by atoms with Crippen LogP contribution >= 0.6 is 23.4 Å². The van der Waals surface area contributed by atoms with E-state index >= 15 is 0 Å². The highest BCUT2D eigenvalue weighted by atomic mass is 35.5. The van der Waals surface area contributed by atoms with Gasteiger partial charge in [-0.3, -0.25) is 4.79 Å². The van der Waals surface area contributed by atoms with Gasteiger partial charge in [-0.25, -0.2) is 0 Å². The van der Waals surface area contributed by atoms with E-state index in [0.29, 0.717) is 18.0 Å². The van der Waals surface area contributed by atoms with Crippen molar-refractivity contribution in [2.75, 3.05) is 26.5 Å². The van der Waals surface area contributed by atoms with E-state index in [4.69, 9.17) is 21.1 Å². The third kappa shape index (κ3) is 6.36. The highest BCUT2D eigenvalue weighted by Gasteiger charge is 2.03. The largest absolute Gasteiger partial charge is 0.493 e. The number of amides is 1. The zero-order chi connectivity index (χ0) is 18.1. The first-order valence-corrected chi connectivity index (χ1v) is 9.05.